The zero-order valence-corrected chi connectivity index (χ0v) is 57.8. The number of pyridine rings is 5. The number of halogens is 14. The van der Waals surface area contributed by atoms with Gasteiger partial charge in [0.15, 0.2) is 23.1 Å². The van der Waals surface area contributed by atoms with Gasteiger partial charge in [0.05, 0.1) is 41.0 Å². The molecule has 6 amide bonds. The number of aldehydes is 1. The molecule has 3 aliphatic heterocycles. The number of nitrogens with one attached hydrogen (secondary N) is 3. The molecule has 0 bridgehead atoms. The van der Waals surface area contributed by atoms with Crippen LogP contribution in [0, 0.1) is 23.3 Å². The van der Waals surface area contributed by atoms with E-state index in [1.807, 2.05) is 0 Å². The summed E-state index contributed by atoms with van der Waals surface area (Å²) in [6.07, 6.45) is -1.07. The van der Waals surface area contributed by atoms with Crippen LogP contribution in [0.5, 0.6) is 23.0 Å². The Morgan fingerprint density at radius 3 is 1.37 bits per heavy atom. The molecule has 2 unspecified atom stereocenters. The number of rotatable bonds is 15. The minimum Gasteiger partial charge on any atom is -0.453 e. The van der Waals surface area contributed by atoms with Crippen LogP contribution in [-0.2, 0) is 19.1 Å². The van der Waals surface area contributed by atoms with Crippen LogP contribution in [0.25, 0.3) is 0 Å². The molecule has 37 heteroatoms. The van der Waals surface area contributed by atoms with Gasteiger partial charge in [0.1, 0.15) is 57.5 Å². The summed E-state index contributed by atoms with van der Waals surface area (Å²) in [5.74, 6) is -17.8. The quantitative estimate of drug-likeness (QED) is 0.0315. The van der Waals surface area contributed by atoms with Crippen molar-refractivity contribution in [3.63, 3.8) is 0 Å². The average molecular weight is 1560 g/mol. The van der Waals surface area contributed by atoms with Crippen LogP contribution in [0.15, 0.2) is 128 Å². The summed E-state index contributed by atoms with van der Waals surface area (Å²) >= 11 is 3.13. The van der Waals surface area contributed by atoms with Crippen molar-refractivity contribution >= 4 is 69.5 Å². The maximum atomic E-state index is 14.8. The molecule has 2 aromatic carbocycles. The van der Waals surface area contributed by atoms with Crippen molar-refractivity contribution in [2.45, 2.75) is 112 Å². The predicted octanol–water partition coefficient (Wildman–Crippen LogP) is 12.2. The highest BCUT2D eigenvalue weighted by Gasteiger charge is 2.48. The van der Waals surface area contributed by atoms with E-state index in [1.54, 1.807) is 39.5 Å². The molecular weight excluding hydrogens is 1490 g/mol. The second-order valence-corrected chi connectivity index (χ2v) is 25.7. The van der Waals surface area contributed by atoms with E-state index in [0.29, 0.717) is 24.0 Å². The van der Waals surface area contributed by atoms with Crippen molar-refractivity contribution in [2.75, 3.05) is 49.9 Å². The van der Waals surface area contributed by atoms with Gasteiger partial charge in [0, 0.05) is 89.3 Å². The average Bonchev–Trinajstić information content (AvgIpc) is 0.796. The number of hydrogen-bond donors (Lipinski definition) is 6. The Morgan fingerprint density at radius 1 is 0.581 bits per heavy atom. The number of anilines is 2. The van der Waals surface area contributed by atoms with E-state index in [4.69, 9.17) is 36.2 Å². The summed E-state index contributed by atoms with van der Waals surface area (Å²) in [5, 5.41) is 8.11. The zero-order chi connectivity index (χ0) is 77.9. The minimum absolute atomic E-state index is 0.0175. The maximum Gasteiger partial charge on any atom is 0.446 e. The summed E-state index contributed by atoms with van der Waals surface area (Å²) in [6.45, 7) is 8.45. The summed E-state index contributed by atoms with van der Waals surface area (Å²) < 4.78 is 186. The summed E-state index contributed by atoms with van der Waals surface area (Å²) in [6, 6.07) is 19.2. The fourth-order valence-corrected chi connectivity index (χ4v) is 10.1. The van der Waals surface area contributed by atoms with Gasteiger partial charge in [-0.2, -0.15) is 13.2 Å². The molecule has 0 saturated carbocycles. The number of hydrogen-bond acceptors (Lipinski definition) is 17. The Labute approximate surface area is 599 Å². The van der Waals surface area contributed by atoms with Crippen molar-refractivity contribution in [1.29, 1.82) is 0 Å². The van der Waals surface area contributed by atoms with Gasteiger partial charge in [-0.15, -0.1) is 0 Å². The number of likely N-dealkylation sites (tertiary alicyclic amines) is 2. The van der Waals surface area contributed by atoms with Gasteiger partial charge in [-0.05, 0) is 136 Å². The lowest BCUT2D eigenvalue weighted by Gasteiger charge is -2.40. The first-order valence-electron chi connectivity index (χ1n) is 31.4. The van der Waals surface area contributed by atoms with E-state index in [0.717, 1.165) is 24.3 Å². The molecule has 3 aliphatic rings. The van der Waals surface area contributed by atoms with Crippen LogP contribution < -0.4 is 42.6 Å². The van der Waals surface area contributed by atoms with Crippen molar-refractivity contribution in [3.8, 4) is 23.0 Å². The molecule has 5 atom stereocenters. The number of amides is 6. The Hall–Kier alpha value is -10.4. The highest BCUT2D eigenvalue weighted by Crippen LogP contribution is 2.43. The smallest absolute Gasteiger partial charge is 0.446 e. The number of carbonyl (C=O) groups is 7. The molecule has 10 rings (SSSR count). The molecule has 0 aliphatic carbocycles. The van der Waals surface area contributed by atoms with Crippen LogP contribution in [0.3, 0.4) is 0 Å². The standard InChI is InChI=1S/C25H23F4N5O3.C16H21F2N3O3.C14H11BrF2N2O2.C11H13F2N3O.C2HF3O/c1-14(34-9-7-25(28,29)18(13-34)15-6-8-31-20(10-15)23(30)35)24(36)33-22-5-3-17(12-32-22)37-21-4-2-16(26)11-19(21)27;1-15(2,3)24-14(23)21-7-5-16(17,18)11(9-21)10-4-6-20-12(8-10)13(19)22;1-8(15)14(20)19-13-5-3-10(7-18-13)21-12-4-2-9(16)6-11(12)17;12-11(13)2-4-15-6-8(11)7-1-3-16-9(5-7)10(14)17;3-2(4,5)1-6/h2-6,8,10-12,14,18H,7,9,13H2,1H3,(H2,30,35)(H,32,33,36);4,6,8,11H,5,7,9H2,1-3H3,(H2,19,22);2-8H,1H3,(H,18,19,20);1,3,5,8,15H,2,4,6H2,(H2,14,17);1H/t14-,18+;;8-;;/m0.1../s1. The molecule has 8 heterocycles. The Balaban J connectivity index is 0.000000222. The van der Waals surface area contributed by atoms with Crippen molar-refractivity contribution < 1.29 is 105 Å². The lowest BCUT2D eigenvalue weighted by Crippen LogP contribution is -2.52. The molecule has 9 N–H and O–H groups in total. The molecule has 3 fully saturated rings. The van der Waals surface area contributed by atoms with Gasteiger partial charge < -0.3 is 52.3 Å². The third-order valence-corrected chi connectivity index (χ3v) is 15.8. The number of piperidine rings is 3. The molecule has 7 aromatic rings. The first-order chi connectivity index (χ1) is 49.0. The van der Waals surface area contributed by atoms with E-state index in [1.165, 1.54) is 103 Å². The normalized spacial score (nSPS) is 17.9. The Morgan fingerprint density at radius 2 is 0.990 bits per heavy atom. The molecule has 0 radical (unpaired) electrons. The van der Waals surface area contributed by atoms with Crippen molar-refractivity contribution in [3.05, 3.63) is 185 Å². The number of nitrogens with zero attached hydrogens (tertiary/aromatic N) is 7. The largest absolute Gasteiger partial charge is 0.453 e. The van der Waals surface area contributed by atoms with E-state index in [2.05, 4.69) is 56.8 Å². The van der Waals surface area contributed by atoms with Gasteiger partial charge in [0.2, 0.25) is 18.1 Å². The van der Waals surface area contributed by atoms with Crippen LogP contribution in [0.1, 0.15) is 120 Å². The van der Waals surface area contributed by atoms with Crippen LogP contribution in [0.2, 0.25) is 0 Å². The SMILES string of the molecule is CC(C)(C)OC(=O)N1CCC(F)(F)C(c2ccnc(C(N)=O)c2)C1.C[C@@H](Br)C(=O)Nc1ccc(Oc2ccc(F)cc2F)cn1.C[C@@H](C(=O)Nc1ccc(Oc2ccc(F)cc2F)cn1)N1CCC(F)(F)[C@@H](c2ccnc(C(N)=O)c2)C1.NC(=O)c1cc(C2CNCCC2(F)F)ccn1.O=CC(F)(F)F. The Kier molecular flexibility index (Phi) is 28.9. The van der Waals surface area contributed by atoms with Crippen LogP contribution in [0.4, 0.5) is 73.5 Å². The second-order valence-electron chi connectivity index (χ2n) is 24.4. The second kappa shape index (κ2) is 36.3. The highest BCUT2D eigenvalue weighted by atomic mass is 79.9. The molecule has 0 spiro atoms. The lowest BCUT2D eigenvalue weighted by molar-refractivity contribution is -0.156. The first kappa shape index (κ1) is 83.5. The number of ether oxygens (including phenoxy) is 3. The lowest BCUT2D eigenvalue weighted by atomic mass is 9.86. The minimum atomic E-state index is -4.64. The van der Waals surface area contributed by atoms with Crippen LogP contribution >= 0.6 is 15.9 Å². The fourth-order valence-electron chi connectivity index (χ4n) is 9.98. The van der Waals surface area contributed by atoms with Gasteiger partial charge >= 0.3 is 12.3 Å². The highest BCUT2D eigenvalue weighted by molar-refractivity contribution is 9.10. The van der Waals surface area contributed by atoms with E-state index in [-0.39, 0.29) is 107 Å². The number of primary amides is 3. The molecule has 23 nitrogen and oxygen atoms in total. The zero-order valence-electron chi connectivity index (χ0n) is 56.2. The third-order valence-electron chi connectivity index (χ3n) is 15.4. The molecular formula is C68H69BrF13N13O10. The fraction of sp³-hybridized carbons (Fsp3) is 0.353. The first-order valence-corrected chi connectivity index (χ1v) is 32.3. The summed E-state index contributed by atoms with van der Waals surface area (Å²) in [5.41, 5.74) is 15.4. The number of carbonyl (C=O) groups excluding carboxylic acids is 7. The monoisotopic (exact) mass is 1550 g/mol. The predicted molar refractivity (Wildman–Crippen MR) is 356 cm³/mol. The van der Waals surface area contributed by atoms with Gasteiger partial charge in [-0.1, -0.05) is 15.9 Å². The van der Waals surface area contributed by atoms with Gasteiger partial charge in [-0.25, -0.2) is 58.7 Å². The Bertz CT molecular complexity index is 4180. The number of nitrogens with two attached hydrogens (primary N) is 3. The van der Waals surface area contributed by atoms with Gasteiger partial charge in [-0.3, -0.25) is 48.6 Å². The topological polar surface area (TPSA) is 332 Å². The molecule has 105 heavy (non-hydrogen) atoms. The van der Waals surface area contributed by atoms with E-state index in [9.17, 15) is 85.8 Å². The summed E-state index contributed by atoms with van der Waals surface area (Å²) in [7, 11) is 0. The van der Waals surface area contributed by atoms with E-state index < -0.39 is 125 Å². The third kappa shape index (κ3) is 25.5. The molecule has 3 saturated heterocycles. The number of alkyl halides is 10. The maximum absolute atomic E-state index is 14.8. The van der Waals surface area contributed by atoms with E-state index >= 15 is 0 Å². The summed E-state index contributed by atoms with van der Waals surface area (Å²) in [4.78, 5) is 101. The number of aromatic nitrogens is 5. The van der Waals surface area contributed by atoms with Crippen molar-refractivity contribution in [2.24, 2.45) is 17.2 Å². The number of benzene rings is 2. The molecule has 5 aromatic heterocycles. The van der Waals surface area contributed by atoms with Crippen molar-refractivity contribution in [1.82, 2.24) is 40.0 Å². The van der Waals surface area contributed by atoms with Crippen LogP contribution in [-0.4, -0.2) is 156 Å². The van der Waals surface area contributed by atoms with Gasteiger partial charge in [0.25, 0.3) is 35.5 Å². The molecule has 564 valence electrons.